The highest BCUT2D eigenvalue weighted by Crippen LogP contribution is 2.24. The van der Waals surface area contributed by atoms with Gasteiger partial charge in [-0.2, -0.15) is 0 Å². The topological polar surface area (TPSA) is 81.4 Å². The van der Waals surface area contributed by atoms with E-state index in [0.29, 0.717) is 28.7 Å². The molecule has 26 heavy (non-hydrogen) atoms. The van der Waals surface area contributed by atoms with E-state index in [1.165, 1.54) is 13.2 Å². The van der Waals surface area contributed by atoms with Gasteiger partial charge in [-0.3, -0.25) is 0 Å². The maximum atomic E-state index is 12.6. The minimum Gasteiger partial charge on any atom is -0.497 e. The van der Waals surface area contributed by atoms with Crippen LogP contribution in [0.15, 0.2) is 57.8 Å². The van der Waals surface area contributed by atoms with Gasteiger partial charge in [0.05, 0.1) is 18.6 Å². The quantitative estimate of drug-likeness (QED) is 0.717. The van der Waals surface area contributed by atoms with E-state index in [0.717, 1.165) is 5.56 Å². The average Bonchev–Trinajstić information content (AvgIpc) is 3.01. The van der Waals surface area contributed by atoms with Gasteiger partial charge in [-0.1, -0.05) is 30.3 Å². The molecule has 1 heterocycles. The van der Waals surface area contributed by atoms with Crippen LogP contribution in [0.1, 0.15) is 17.2 Å². The van der Waals surface area contributed by atoms with Crippen molar-refractivity contribution >= 4 is 10.0 Å². The Balaban J connectivity index is 1.79. The van der Waals surface area contributed by atoms with Gasteiger partial charge in [-0.25, -0.2) is 18.1 Å². The van der Waals surface area contributed by atoms with Crippen LogP contribution in [0.3, 0.4) is 0 Å². The molecule has 2 aromatic carbocycles. The van der Waals surface area contributed by atoms with E-state index >= 15 is 0 Å². The molecule has 0 saturated heterocycles. The summed E-state index contributed by atoms with van der Waals surface area (Å²) >= 11 is 0. The molecule has 0 spiro atoms. The number of benzene rings is 2. The van der Waals surface area contributed by atoms with Gasteiger partial charge in [0.15, 0.2) is 0 Å². The van der Waals surface area contributed by atoms with E-state index in [9.17, 15) is 8.42 Å². The molecule has 7 heteroatoms. The van der Waals surface area contributed by atoms with Gasteiger partial charge < -0.3 is 9.15 Å². The lowest BCUT2D eigenvalue weighted by Crippen LogP contribution is -2.24. The number of hydrogen-bond donors (Lipinski definition) is 1. The largest absolute Gasteiger partial charge is 0.497 e. The van der Waals surface area contributed by atoms with Crippen LogP contribution in [-0.4, -0.2) is 20.5 Å². The summed E-state index contributed by atoms with van der Waals surface area (Å²) in [5.74, 6) is 1.57. The number of sulfonamides is 1. The third kappa shape index (κ3) is 3.79. The van der Waals surface area contributed by atoms with Crippen LogP contribution in [0.5, 0.6) is 5.75 Å². The summed E-state index contributed by atoms with van der Waals surface area (Å²) in [6.45, 7) is 3.50. The second-order valence-electron chi connectivity index (χ2n) is 5.83. The second kappa shape index (κ2) is 7.31. The number of methoxy groups -OCH3 is 1. The molecule has 0 saturated carbocycles. The van der Waals surface area contributed by atoms with E-state index in [1.807, 2.05) is 30.3 Å². The molecular formula is C19H20N2O4S. The highest BCUT2D eigenvalue weighted by Gasteiger charge is 2.19. The number of rotatable bonds is 6. The molecule has 0 amide bonds. The number of hydrogen-bond acceptors (Lipinski definition) is 5. The maximum Gasteiger partial charge on any atom is 0.241 e. The van der Waals surface area contributed by atoms with Crippen molar-refractivity contribution in [3.05, 3.63) is 65.7 Å². The molecule has 3 rings (SSSR count). The first-order valence-electron chi connectivity index (χ1n) is 8.07. The minimum atomic E-state index is -3.69. The summed E-state index contributed by atoms with van der Waals surface area (Å²) in [5, 5.41) is 0. The summed E-state index contributed by atoms with van der Waals surface area (Å²) in [6.07, 6.45) is 0. The Kier molecular flexibility index (Phi) is 5.11. The van der Waals surface area contributed by atoms with Gasteiger partial charge in [0.1, 0.15) is 17.2 Å². The molecule has 0 unspecified atom stereocenters. The predicted octanol–water partition coefficient (Wildman–Crippen LogP) is 3.45. The highest BCUT2D eigenvalue weighted by atomic mass is 32.2. The molecule has 0 bridgehead atoms. The average molecular weight is 372 g/mol. The Morgan fingerprint density at radius 3 is 2.50 bits per heavy atom. The number of nitrogens with one attached hydrogen (secondary N) is 1. The molecule has 1 aromatic heterocycles. The molecule has 136 valence electrons. The summed E-state index contributed by atoms with van der Waals surface area (Å²) in [5.41, 5.74) is 2.24. The molecule has 0 fully saturated rings. The summed E-state index contributed by atoms with van der Waals surface area (Å²) in [7, 11) is -2.15. The fourth-order valence-corrected chi connectivity index (χ4v) is 3.87. The minimum absolute atomic E-state index is 0.0263. The van der Waals surface area contributed by atoms with E-state index in [2.05, 4.69) is 9.71 Å². The van der Waals surface area contributed by atoms with Crippen molar-refractivity contribution in [2.75, 3.05) is 7.11 Å². The van der Waals surface area contributed by atoms with Crippen molar-refractivity contribution in [1.82, 2.24) is 9.71 Å². The van der Waals surface area contributed by atoms with Crippen molar-refractivity contribution < 1.29 is 17.6 Å². The van der Waals surface area contributed by atoms with Crippen LogP contribution in [0.25, 0.3) is 11.3 Å². The first-order valence-corrected chi connectivity index (χ1v) is 9.55. The van der Waals surface area contributed by atoms with Crippen LogP contribution < -0.4 is 9.46 Å². The number of aryl methyl sites for hydroxylation is 2. The first kappa shape index (κ1) is 18.2. The lowest BCUT2D eigenvalue weighted by molar-refractivity contribution is 0.414. The normalized spacial score (nSPS) is 11.5. The fourth-order valence-electron chi connectivity index (χ4n) is 2.68. The summed E-state index contributed by atoms with van der Waals surface area (Å²) in [4.78, 5) is 4.61. The molecular weight excluding hydrogens is 352 g/mol. The van der Waals surface area contributed by atoms with Crippen molar-refractivity contribution in [3.8, 4) is 17.0 Å². The van der Waals surface area contributed by atoms with Gasteiger partial charge in [0.25, 0.3) is 0 Å². The van der Waals surface area contributed by atoms with Gasteiger partial charge in [0, 0.05) is 5.56 Å². The molecule has 0 radical (unpaired) electrons. The standard InChI is InChI=1S/C19H20N2O4S/c1-13-11-16(24-3)9-10-17(13)26(22,23)20-12-18-21-19(14(2)25-18)15-7-5-4-6-8-15/h4-11,20H,12H2,1-3H3. The van der Waals surface area contributed by atoms with Crippen LogP contribution in [0.2, 0.25) is 0 Å². The van der Waals surface area contributed by atoms with Crippen molar-refractivity contribution in [2.24, 2.45) is 0 Å². The number of ether oxygens (including phenoxy) is 1. The van der Waals surface area contributed by atoms with Crippen molar-refractivity contribution in [3.63, 3.8) is 0 Å². The van der Waals surface area contributed by atoms with Crippen molar-refractivity contribution in [2.45, 2.75) is 25.3 Å². The molecule has 3 aromatic rings. The van der Waals surface area contributed by atoms with Crippen LogP contribution in [-0.2, 0) is 16.6 Å². The Morgan fingerprint density at radius 2 is 1.85 bits per heavy atom. The third-order valence-electron chi connectivity index (χ3n) is 3.97. The van der Waals surface area contributed by atoms with Crippen LogP contribution in [0, 0.1) is 13.8 Å². The Hall–Kier alpha value is -2.64. The summed E-state index contributed by atoms with van der Waals surface area (Å²) in [6, 6.07) is 14.4. The molecule has 1 N–H and O–H groups in total. The smallest absolute Gasteiger partial charge is 0.241 e. The third-order valence-corrected chi connectivity index (χ3v) is 5.53. The fraction of sp³-hybridized carbons (Fsp3) is 0.211. The SMILES string of the molecule is COc1ccc(S(=O)(=O)NCc2nc(-c3ccccc3)c(C)o2)c(C)c1. The molecule has 0 aliphatic heterocycles. The predicted molar refractivity (Wildman–Crippen MR) is 98.4 cm³/mol. The van der Waals surface area contributed by atoms with E-state index in [1.54, 1.807) is 26.0 Å². The monoisotopic (exact) mass is 372 g/mol. The van der Waals surface area contributed by atoms with E-state index in [-0.39, 0.29) is 11.4 Å². The molecule has 0 atom stereocenters. The summed E-state index contributed by atoms with van der Waals surface area (Å²) < 4.78 is 38.4. The number of aromatic nitrogens is 1. The van der Waals surface area contributed by atoms with Crippen molar-refractivity contribution in [1.29, 1.82) is 0 Å². The Labute approximate surface area is 152 Å². The Bertz CT molecular complexity index is 1010. The lowest BCUT2D eigenvalue weighted by Gasteiger charge is -2.09. The zero-order valence-corrected chi connectivity index (χ0v) is 15.6. The molecule has 6 nitrogen and oxygen atoms in total. The van der Waals surface area contributed by atoms with Gasteiger partial charge in [0.2, 0.25) is 15.9 Å². The number of oxazole rings is 1. The first-order chi connectivity index (χ1) is 12.4. The zero-order chi connectivity index (χ0) is 18.7. The second-order valence-corrected chi connectivity index (χ2v) is 7.57. The van der Waals surface area contributed by atoms with Crippen LogP contribution in [0.4, 0.5) is 0 Å². The highest BCUT2D eigenvalue weighted by molar-refractivity contribution is 7.89. The molecule has 0 aliphatic rings. The maximum absolute atomic E-state index is 12.6. The van der Waals surface area contributed by atoms with E-state index < -0.39 is 10.0 Å². The zero-order valence-electron chi connectivity index (χ0n) is 14.8. The number of nitrogens with zero attached hydrogens (tertiary/aromatic N) is 1. The Morgan fingerprint density at radius 1 is 1.12 bits per heavy atom. The van der Waals surface area contributed by atoms with Crippen LogP contribution >= 0.6 is 0 Å². The van der Waals surface area contributed by atoms with Gasteiger partial charge in [-0.15, -0.1) is 0 Å². The van der Waals surface area contributed by atoms with Gasteiger partial charge in [-0.05, 0) is 37.6 Å². The van der Waals surface area contributed by atoms with Gasteiger partial charge >= 0.3 is 0 Å². The van der Waals surface area contributed by atoms with E-state index in [4.69, 9.17) is 9.15 Å². The lowest BCUT2D eigenvalue weighted by atomic mass is 10.1. The molecule has 0 aliphatic carbocycles.